The average Bonchev–Trinajstić information content (AvgIpc) is 2.81. The lowest BCUT2D eigenvalue weighted by Gasteiger charge is -2.32. The van der Waals surface area contributed by atoms with Crippen LogP contribution in [0.25, 0.3) is 0 Å². The first-order chi connectivity index (χ1) is 8.33. The zero-order chi connectivity index (χ0) is 11.8. The van der Waals surface area contributed by atoms with Crippen LogP contribution in [-0.4, -0.2) is 31.7 Å². The van der Waals surface area contributed by atoms with Crippen molar-refractivity contribution in [3.05, 3.63) is 23.3 Å². The topological polar surface area (TPSA) is 21.7 Å². The van der Waals surface area contributed by atoms with Gasteiger partial charge in [0.2, 0.25) is 0 Å². The van der Waals surface area contributed by atoms with E-state index in [1.165, 1.54) is 30.5 Å². The van der Waals surface area contributed by atoms with E-state index in [0.29, 0.717) is 6.04 Å². The Morgan fingerprint density at radius 3 is 2.88 bits per heavy atom. The molecule has 1 saturated heterocycles. The molecule has 1 aromatic rings. The first kappa shape index (κ1) is 10.9. The third-order valence-corrected chi connectivity index (χ3v) is 4.06. The Morgan fingerprint density at radius 1 is 1.24 bits per heavy atom. The molecule has 1 atom stereocenters. The van der Waals surface area contributed by atoms with Crippen molar-refractivity contribution in [2.24, 2.45) is 0 Å². The smallest absolute Gasteiger partial charge is 0.164 e. The van der Waals surface area contributed by atoms with Gasteiger partial charge < -0.3 is 9.47 Å². The third-order valence-electron chi connectivity index (χ3n) is 4.06. The van der Waals surface area contributed by atoms with Crippen LogP contribution in [0.15, 0.2) is 12.1 Å². The van der Waals surface area contributed by atoms with Crippen molar-refractivity contribution < 1.29 is 9.47 Å². The molecule has 2 aliphatic heterocycles. The molecule has 2 aliphatic rings. The predicted octanol–water partition coefficient (Wildman–Crippen LogP) is 2.22. The summed E-state index contributed by atoms with van der Waals surface area (Å²) in [6.45, 7) is 2.32. The average molecular weight is 233 g/mol. The van der Waals surface area contributed by atoms with Crippen LogP contribution in [-0.2, 0) is 13.0 Å². The molecule has 0 N–H and O–H groups in total. The van der Waals surface area contributed by atoms with Crippen molar-refractivity contribution in [1.29, 1.82) is 0 Å². The summed E-state index contributed by atoms with van der Waals surface area (Å²) in [5, 5.41) is 0. The van der Waals surface area contributed by atoms with E-state index in [1.807, 2.05) is 6.07 Å². The van der Waals surface area contributed by atoms with Crippen LogP contribution in [0.2, 0.25) is 0 Å². The van der Waals surface area contributed by atoms with E-state index in [4.69, 9.17) is 9.47 Å². The van der Waals surface area contributed by atoms with E-state index >= 15 is 0 Å². The Bertz CT molecular complexity index is 430. The van der Waals surface area contributed by atoms with Gasteiger partial charge in [0.25, 0.3) is 0 Å². The summed E-state index contributed by atoms with van der Waals surface area (Å²) in [5.41, 5.74) is 2.76. The molecule has 92 valence electrons. The number of hydrogen-bond acceptors (Lipinski definition) is 3. The molecular weight excluding hydrogens is 214 g/mol. The molecule has 1 unspecified atom stereocenters. The van der Waals surface area contributed by atoms with E-state index in [0.717, 1.165) is 24.5 Å². The molecule has 3 rings (SSSR count). The number of methoxy groups -OCH3 is 2. The molecule has 2 heterocycles. The molecule has 0 saturated carbocycles. The highest BCUT2D eigenvalue weighted by atomic mass is 16.5. The van der Waals surface area contributed by atoms with E-state index in [1.54, 1.807) is 14.2 Å². The quantitative estimate of drug-likeness (QED) is 0.782. The standard InChI is InChI=1S/C14H19NO2/c1-16-13-6-5-10-9-15-7-3-4-11(15)8-12(10)14(13)17-2/h5-6,11H,3-4,7-9H2,1-2H3. The largest absolute Gasteiger partial charge is 0.493 e. The van der Waals surface area contributed by atoms with Crippen LogP contribution < -0.4 is 9.47 Å². The fraction of sp³-hybridized carbons (Fsp3) is 0.571. The van der Waals surface area contributed by atoms with Gasteiger partial charge in [0.05, 0.1) is 14.2 Å². The number of fused-ring (bicyclic) bond motifs is 2. The second-order valence-corrected chi connectivity index (χ2v) is 4.91. The Hall–Kier alpha value is -1.22. The lowest BCUT2D eigenvalue weighted by Crippen LogP contribution is -2.35. The summed E-state index contributed by atoms with van der Waals surface area (Å²) in [7, 11) is 3.44. The van der Waals surface area contributed by atoms with Crippen molar-refractivity contribution in [1.82, 2.24) is 4.90 Å². The van der Waals surface area contributed by atoms with Gasteiger partial charge in [-0.3, -0.25) is 4.90 Å². The van der Waals surface area contributed by atoms with Gasteiger partial charge in [-0.15, -0.1) is 0 Å². The van der Waals surface area contributed by atoms with Crippen molar-refractivity contribution >= 4 is 0 Å². The molecule has 0 aliphatic carbocycles. The maximum absolute atomic E-state index is 5.54. The first-order valence-corrected chi connectivity index (χ1v) is 6.30. The lowest BCUT2D eigenvalue weighted by molar-refractivity contribution is 0.223. The molecule has 1 aromatic carbocycles. The maximum Gasteiger partial charge on any atom is 0.164 e. The molecule has 17 heavy (non-hydrogen) atoms. The summed E-state index contributed by atoms with van der Waals surface area (Å²) in [4.78, 5) is 2.59. The highest BCUT2D eigenvalue weighted by Crippen LogP contribution is 2.39. The van der Waals surface area contributed by atoms with Crippen LogP contribution in [0.4, 0.5) is 0 Å². The summed E-state index contributed by atoms with van der Waals surface area (Å²) in [6, 6.07) is 4.92. The SMILES string of the molecule is COc1ccc2c(c1OC)CC1CCCN1C2. The molecule has 0 amide bonds. The minimum atomic E-state index is 0.712. The van der Waals surface area contributed by atoms with Gasteiger partial charge >= 0.3 is 0 Å². The number of rotatable bonds is 2. The van der Waals surface area contributed by atoms with Crippen LogP contribution in [0.3, 0.4) is 0 Å². The highest BCUT2D eigenvalue weighted by molar-refractivity contribution is 5.52. The van der Waals surface area contributed by atoms with Crippen LogP contribution >= 0.6 is 0 Å². The Morgan fingerprint density at radius 2 is 2.12 bits per heavy atom. The second kappa shape index (κ2) is 4.22. The zero-order valence-corrected chi connectivity index (χ0v) is 10.5. The lowest BCUT2D eigenvalue weighted by atomic mass is 9.93. The van der Waals surface area contributed by atoms with E-state index in [2.05, 4.69) is 11.0 Å². The van der Waals surface area contributed by atoms with Crippen LogP contribution in [0.5, 0.6) is 11.5 Å². The minimum Gasteiger partial charge on any atom is -0.493 e. The van der Waals surface area contributed by atoms with Gasteiger partial charge in [-0.05, 0) is 37.4 Å². The summed E-state index contributed by atoms with van der Waals surface area (Å²) in [6.07, 6.45) is 3.76. The van der Waals surface area contributed by atoms with E-state index < -0.39 is 0 Å². The van der Waals surface area contributed by atoms with Gasteiger partial charge in [0.15, 0.2) is 11.5 Å². The molecule has 3 heteroatoms. The Labute approximate surface area is 102 Å². The predicted molar refractivity (Wildman–Crippen MR) is 66.7 cm³/mol. The Balaban J connectivity index is 2.03. The van der Waals surface area contributed by atoms with E-state index in [-0.39, 0.29) is 0 Å². The van der Waals surface area contributed by atoms with Crippen LogP contribution in [0, 0.1) is 0 Å². The number of ether oxygens (including phenoxy) is 2. The Kier molecular flexibility index (Phi) is 2.71. The van der Waals surface area contributed by atoms with Gasteiger partial charge in [0, 0.05) is 18.2 Å². The third kappa shape index (κ3) is 1.69. The fourth-order valence-corrected chi connectivity index (χ4v) is 3.19. The van der Waals surface area contributed by atoms with Gasteiger partial charge in [0.1, 0.15) is 0 Å². The minimum absolute atomic E-state index is 0.712. The molecule has 1 fully saturated rings. The molecule has 0 aromatic heterocycles. The number of benzene rings is 1. The molecule has 0 radical (unpaired) electrons. The summed E-state index contributed by atoms with van der Waals surface area (Å²) < 4.78 is 10.9. The summed E-state index contributed by atoms with van der Waals surface area (Å²) in [5.74, 6) is 1.80. The fourth-order valence-electron chi connectivity index (χ4n) is 3.19. The monoisotopic (exact) mass is 233 g/mol. The molecule has 0 bridgehead atoms. The first-order valence-electron chi connectivity index (χ1n) is 6.30. The molecule has 3 nitrogen and oxygen atoms in total. The zero-order valence-electron chi connectivity index (χ0n) is 10.5. The van der Waals surface area contributed by atoms with E-state index in [9.17, 15) is 0 Å². The molecule has 0 spiro atoms. The number of hydrogen-bond donors (Lipinski definition) is 0. The van der Waals surface area contributed by atoms with Crippen molar-refractivity contribution in [3.63, 3.8) is 0 Å². The van der Waals surface area contributed by atoms with Gasteiger partial charge in [-0.2, -0.15) is 0 Å². The maximum atomic E-state index is 5.54. The van der Waals surface area contributed by atoms with Gasteiger partial charge in [-0.1, -0.05) is 6.07 Å². The summed E-state index contributed by atoms with van der Waals surface area (Å²) >= 11 is 0. The van der Waals surface area contributed by atoms with Gasteiger partial charge in [-0.25, -0.2) is 0 Å². The normalized spacial score (nSPS) is 23.1. The van der Waals surface area contributed by atoms with Crippen molar-refractivity contribution in [3.8, 4) is 11.5 Å². The number of nitrogens with zero attached hydrogens (tertiary/aromatic N) is 1. The van der Waals surface area contributed by atoms with Crippen LogP contribution in [0.1, 0.15) is 24.0 Å². The highest BCUT2D eigenvalue weighted by Gasteiger charge is 2.32. The van der Waals surface area contributed by atoms with Crippen molar-refractivity contribution in [2.45, 2.75) is 31.8 Å². The second-order valence-electron chi connectivity index (χ2n) is 4.91. The van der Waals surface area contributed by atoms with Crippen molar-refractivity contribution in [2.75, 3.05) is 20.8 Å². The molecular formula is C14H19NO2.